The lowest BCUT2D eigenvalue weighted by atomic mass is 9.93. The van der Waals surface area contributed by atoms with Crippen LogP contribution in [0.5, 0.6) is 0 Å². The van der Waals surface area contributed by atoms with Crippen LogP contribution in [0.25, 0.3) is 0 Å². The molecule has 0 saturated carbocycles. The molecule has 0 aromatic heterocycles. The van der Waals surface area contributed by atoms with E-state index in [4.69, 9.17) is 23.7 Å². The van der Waals surface area contributed by atoms with Crippen molar-refractivity contribution in [3.05, 3.63) is 0 Å². The first-order valence-electron chi connectivity index (χ1n) is 12.3. The molecule has 0 aromatic rings. The molecule has 30 heavy (non-hydrogen) atoms. The first-order valence-corrected chi connectivity index (χ1v) is 12.3. The summed E-state index contributed by atoms with van der Waals surface area (Å²) in [5.74, 6) is -0.356. The lowest BCUT2D eigenvalue weighted by Crippen LogP contribution is -2.62. The zero-order valence-electron chi connectivity index (χ0n) is 20.0. The molecule has 1 aliphatic heterocycles. The summed E-state index contributed by atoms with van der Waals surface area (Å²) < 4.78 is 30.5. The maximum atomic E-state index is 12.9. The molecule has 5 atom stereocenters. The van der Waals surface area contributed by atoms with Crippen LogP contribution >= 0.6 is 0 Å². The lowest BCUT2D eigenvalue weighted by Gasteiger charge is -2.43. The van der Waals surface area contributed by atoms with Crippen LogP contribution < -0.4 is 0 Å². The van der Waals surface area contributed by atoms with Crippen molar-refractivity contribution in [1.82, 2.24) is 0 Å². The van der Waals surface area contributed by atoms with E-state index >= 15 is 0 Å². The van der Waals surface area contributed by atoms with Gasteiger partial charge in [-0.05, 0) is 32.1 Å². The van der Waals surface area contributed by atoms with Gasteiger partial charge < -0.3 is 23.7 Å². The third-order valence-electron chi connectivity index (χ3n) is 5.44. The minimum atomic E-state index is -0.746. The lowest BCUT2D eigenvalue weighted by molar-refractivity contribution is -0.243. The van der Waals surface area contributed by atoms with Crippen LogP contribution in [0.4, 0.5) is 0 Å². The van der Waals surface area contributed by atoms with Crippen LogP contribution in [-0.4, -0.2) is 62.9 Å². The van der Waals surface area contributed by atoms with Crippen molar-refractivity contribution < 1.29 is 28.5 Å². The van der Waals surface area contributed by atoms with E-state index in [0.29, 0.717) is 26.4 Å². The fourth-order valence-electron chi connectivity index (χ4n) is 3.49. The number of hydrogen-bond acceptors (Lipinski definition) is 6. The fourth-order valence-corrected chi connectivity index (χ4v) is 3.49. The number of cyclic esters (lactones) is 1. The van der Waals surface area contributed by atoms with Crippen molar-refractivity contribution in [1.29, 1.82) is 0 Å². The Kier molecular flexibility index (Phi) is 15.4. The van der Waals surface area contributed by atoms with Crippen molar-refractivity contribution in [3.63, 3.8) is 0 Å². The number of rotatable bonds is 18. The van der Waals surface area contributed by atoms with E-state index in [-0.39, 0.29) is 18.2 Å². The molecule has 0 spiro atoms. The molecule has 0 radical (unpaired) electrons. The molecule has 0 aromatic carbocycles. The van der Waals surface area contributed by atoms with Crippen LogP contribution in [0, 0.1) is 0 Å². The zero-order chi connectivity index (χ0) is 22.2. The van der Waals surface area contributed by atoms with E-state index in [9.17, 15) is 4.79 Å². The van der Waals surface area contributed by atoms with Gasteiger partial charge in [0.15, 0.2) is 12.2 Å². The van der Waals surface area contributed by atoms with E-state index in [1.165, 1.54) is 0 Å². The highest BCUT2D eigenvalue weighted by atomic mass is 16.6. The van der Waals surface area contributed by atoms with E-state index in [1.54, 1.807) is 0 Å². The second-order valence-corrected chi connectivity index (χ2v) is 8.10. The average molecular weight is 431 g/mol. The van der Waals surface area contributed by atoms with Gasteiger partial charge in [0.25, 0.3) is 0 Å². The second-order valence-electron chi connectivity index (χ2n) is 8.10. The quantitative estimate of drug-likeness (QED) is 0.224. The molecule has 1 heterocycles. The first-order chi connectivity index (χ1) is 14.6. The Hall–Kier alpha value is -0.690. The Balaban J connectivity index is 3.04. The van der Waals surface area contributed by atoms with E-state index in [1.807, 2.05) is 0 Å². The smallest absolute Gasteiger partial charge is 0.338 e. The third kappa shape index (κ3) is 9.21. The number of ether oxygens (including phenoxy) is 5. The largest absolute Gasteiger partial charge is 0.455 e. The topological polar surface area (TPSA) is 63.2 Å². The van der Waals surface area contributed by atoms with Gasteiger partial charge in [0, 0.05) is 26.4 Å². The van der Waals surface area contributed by atoms with E-state index in [0.717, 1.165) is 57.8 Å². The number of unbranched alkanes of at least 4 members (excludes halogenated alkanes) is 4. The van der Waals surface area contributed by atoms with Gasteiger partial charge in [0.2, 0.25) is 0 Å². The highest BCUT2D eigenvalue weighted by Crippen LogP contribution is 2.29. The standard InChI is InChI=1S/C24H46O6/c1-6-11-15-26-19(10-5)20-21(27-16-12-7-2)22(28-17-13-8-3)23(24(25)30-20)29-18-14-9-4/h19-23H,6-18H2,1-5H3/t19-,20-,21-,22+,23-/m1/s1. The molecular weight excluding hydrogens is 384 g/mol. The monoisotopic (exact) mass is 430 g/mol. The number of carbonyl (C=O) groups is 1. The van der Waals surface area contributed by atoms with Gasteiger partial charge in [-0.15, -0.1) is 0 Å². The number of carbonyl (C=O) groups excluding carboxylic acids is 1. The molecule has 0 amide bonds. The molecule has 178 valence electrons. The predicted octanol–water partition coefficient (Wildman–Crippen LogP) is 5.06. The van der Waals surface area contributed by atoms with Gasteiger partial charge in [-0.25, -0.2) is 4.79 Å². The summed E-state index contributed by atoms with van der Waals surface area (Å²) in [4.78, 5) is 12.9. The Labute approximate surface area is 184 Å². The Morgan fingerprint density at radius 3 is 1.77 bits per heavy atom. The summed E-state index contributed by atoms with van der Waals surface area (Å²) in [5, 5.41) is 0. The third-order valence-corrected chi connectivity index (χ3v) is 5.44. The van der Waals surface area contributed by atoms with Gasteiger partial charge >= 0.3 is 5.97 Å². The maximum Gasteiger partial charge on any atom is 0.338 e. The summed E-state index contributed by atoms with van der Waals surface area (Å²) in [6.45, 7) is 12.9. The van der Waals surface area contributed by atoms with Gasteiger partial charge in [-0.2, -0.15) is 0 Å². The number of esters is 1. The number of hydrogen-bond donors (Lipinski definition) is 0. The summed E-state index contributed by atoms with van der Waals surface area (Å²) >= 11 is 0. The van der Waals surface area contributed by atoms with Crippen molar-refractivity contribution in [3.8, 4) is 0 Å². The van der Waals surface area contributed by atoms with Crippen molar-refractivity contribution in [2.24, 2.45) is 0 Å². The summed E-state index contributed by atoms with van der Waals surface area (Å²) in [5.41, 5.74) is 0. The van der Waals surface area contributed by atoms with Crippen LogP contribution in [-0.2, 0) is 28.5 Å². The van der Waals surface area contributed by atoms with E-state index < -0.39 is 18.3 Å². The van der Waals surface area contributed by atoms with Crippen molar-refractivity contribution in [2.45, 2.75) is 123 Å². The summed E-state index contributed by atoms with van der Waals surface area (Å²) in [7, 11) is 0. The highest BCUT2D eigenvalue weighted by molar-refractivity contribution is 5.77. The molecule has 0 aliphatic carbocycles. The predicted molar refractivity (Wildman–Crippen MR) is 119 cm³/mol. The van der Waals surface area contributed by atoms with E-state index in [2.05, 4.69) is 34.6 Å². The first kappa shape index (κ1) is 27.3. The Bertz CT molecular complexity index is 430. The average Bonchev–Trinajstić information content (AvgIpc) is 2.74. The zero-order valence-corrected chi connectivity index (χ0v) is 20.0. The summed E-state index contributed by atoms with van der Waals surface area (Å²) in [6.07, 6.45) is 6.37. The second kappa shape index (κ2) is 16.9. The van der Waals surface area contributed by atoms with Gasteiger partial charge in [-0.1, -0.05) is 60.3 Å². The van der Waals surface area contributed by atoms with Crippen LogP contribution in [0.3, 0.4) is 0 Å². The molecule has 0 unspecified atom stereocenters. The van der Waals surface area contributed by atoms with Crippen LogP contribution in [0.1, 0.15) is 92.4 Å². The molecule has 0 N–H and O–H groups in total. The minimum absolute atomic E-state index is 0.207. The van der Waals surface area contributed by atoms with Gasteiger partial charge in [-0.3, -0.25) is 0 Å². The Morgan fingerprint density at radius 1 is 0.733 bits per heavy atom. The molecule has 1 fully saturated rings. The molecule has 1 aliphatic rings. The highest BCUT2D eigenvalue weighted by Gasteiger charge is 2.50. The van der Waals surface area contributed by atoms with Gasteiger partial charge in [0.1, 0.15) is 12.2 Å². The normalized spacial score (nSPS) is 25.3. The maximum absolute atomic E-state index is 12.9. The summed E-state index contributed by atoms with van der Waals surface area (Å²) in [6, 6.07) is 0. The molecule has 0 bridgehead atoms. The van der Waals surface area contributed by atoms with Gasteiger partial charge in [0.05, 0.1) is 6.10 Å². The Morgan fingerprint density at radius 2 is 1.23 bits per heavy atom. The van der Waals surface area contributed by atoms with Crippen molar-refractivity contribution in [2.75, 3.05) is 26.4 Å². The fraction of sp³-hybridized carbons (Fsp3) is 0.958. The SMILES string of the molecule is CCCCO[C@@H]1[C@@H]([C@@H](CC)OCCCC)OC(=O)[C@H](OCCCC)[C@H]1OCCCC. The minimum Gasteiger partial charge on any atom is -0.455 e. The molecule has 6 nitrogen and oxygen atoms in total. The molecular formula is C24H46O6. The van der Waals surface area contributed by atoms with Crippen molar-refractivity contribution >= 4 is 5.97 Å². The van der Waals surface area contributed by atoms with Crippen LogP contribution in [0.2, 0.25) is 0 Å². The molecule has 6 heteroatoms. The van der Waals surface area contributed by atoms with Crippen LogP contribution in [0.15, 0.2) is 0 Å². The molecule has 1 rings (SSSR count). The molecule has 1 saturated heterocycles.